The molecule has 1 atom stereocenters. The highest BCUT2D eigenvalue weighted by Gasteiger charge is 2.43. The van der Waals surface area contributed by atoms with E-state index in [-0.39, 0.29) is 0 Å². The Kier molecular flexibility index (Phi) is 5.48. The van der Waals surface area contributed by atoms with Gasteiger partial charge in [0.25, 0.3) is 0 Å². The van der Waals surface area contributed by atoms with Crippen molar-refractivity contribution in [3.8, 4) is 0 Å². The van der Waals surface area contributed by atoms with Crippen molar-refractivity contribution in [3.05, 3.63) is 83.9 Å². The average Bonchev–Trinajstić information content (AvgIpc) is 3.26. The number of quaternary nitrogens is 1. The molecule has 0 saturated heterocycles. The first-order chi connectivity index (χ1) is 13.3. The number of benzene rings is 2. The van der Waals surface area contributed by atoms with Crippen molar-refractivity contribution in [2.45, 2.75) is 29.0 Å². The zero-order valence-electron chi connectivity index (χ0n) is 15.8. The van der Waals surface area contributed by atoms with Crippen LogP contribution in [0.2, 0.25) is 0 Å². The zero-order chi connectivity index (χ0) is 18.7. The van der Waals surface area contributed by atoms with E-state index in [4.69, 9.17) is 0 Å². The van der Waals surface area contributed by atoms with Gasteiger partial charge in [0.05, 0.1) is 28.7 Å². The maximum atomic E-state index is 3.45. The van der Waals surface area contributed by atoms with Gasteiger partial charge in [0, 0.05) is 11.0 Å². The molecule has 2 aliphatic heterocycles. The van der Waals surface area contributed by atoms with E-state index in [1.54, 1.807) is 11.8 Å². The minimum Gasteiger partial charge on any atom is -0.349 e. The zero-order valence-corrected chi connectivity index (χ0v) is 17.4. The highest BCUT2D eigenvalue weighted by atomic mass is 32.2. The summed E-state index contributed by atoms with van der Waals surface area (Å²) in [6.07, 6.45) is 11.0. The molecule has 4 rings (SSSR count). The van der Waals surface area contributed by atoms with Crippen molar-refractivity contribution in [1.29, 1.82) is 0 Å². The highest BCUT2D eigenvalue weighted by molar-refractivity contribution is 8.03. The molecular formula is C23H25N2S2+. The smallest absolute Gasteiger partial charge is 0.164 e. The first-order valence-corrected chi connectivity index (χ1v) is 11.2. The molecule has 27 heavy (non-hydrogen) atoms. The Labute approximate surface area is 170 Å². The van der Waals surface area contributed by atoms with Crippen LogP contribution in [0.25, 0.3) is 0 Å². The minimum atomic E-state index is 0.443. The lowest BCUT2D eigenvalue weighted by molar-refractivity contribution is 0.314. The summed E-state index contributed by atoms with van der Waals surface area (Å²) in [6, 6.07) is 17.3. The summed E-state index contributed by atoms with van der Waals surface area (Å²) in [5, 5.41) is 5.07. The normalized spacial score (nSPS) is 21.7. The Morgan fingerprint density at radius 1 is 0.926 bits per heavy atom. The monoisotopic (exact) mass is 393 g/mol. The van der Waals surface area contributed by atoms with Gasteiger partial charge < -0.3 is 5.32 Å². The van der Waals surface area contributed by atoms with Crippen molar-refractivity contribution in [1.82, 2.24) is 4.48 Å². The number of hydrogen-bond donors (Lipinski definition) is 1. The standard InChI is InChI=1S/C23H25N2S2/c1-3-25(4-2)19-13-9-11-15-21(19)27-23(25)17-7-5-6-16-22-24-18-12-8-10-14-20(18)26-22/h5-17,23-24H,3-4H2,1-2H3/q+1/b6-5+,17-7+,22-16+. The third-order valence-corrected chi connectivity index (χ3v) is 7.75. The molecule has 0 fully saturated rings. The first kappa shape index (κ1) is 18.5. The van der Waals surface area contributed by atoms with Crippen molar-refractivity contribution in [2.24, 2.45) is 0 Å². The molecule has 4 heteroatoms. The van der Waals surface area contributed by atoms with Crippen LogP contribution >= 0.6 is 23.5 Å². The van der Waals surface area contributed by atoms with Crippen LogP contribution in [0, 0.1) is 0 Å². The van der Waals surface area contributed by atoms with Crippen molar-refractivity contribution in [2.75, 3.05) is 18.4 Å². The predicted octanol–water partition coefficient (Wildman–Crippen LogP) is 6.64. The van der Waals surface area contributed by atoms with Crippen LogP contribution in [0.4, 0.5) is 11.4 Å². The second-order valence-corrected chi connectivity index (χ2v) is 8.91. The molecule has 2 heterocycles. The van der Waals surface area contributed by atoms with Gasteiger partial charge in [-0.3, -0.25) is 4.48 Å². The molecule has 0 aromatic heterocycles. The Morgan fingerprint density at radius 3 is 2.44 bits per heavy atom. The van der Waals surface area contributed by atoms with Gasteiger partial charge in [-0.05, 0) is 44.2 Å². The molecule has 0 saturated carbocycles. The Bertz CT molecular complexity index is 883. The van der Waals surface area contributed by atoms with Crippen molar-refractivity contribution >= 4 is 34.9 Å². The SMILES string of the molecule is CC[N+]1(CC)c2ccccc2SC1/C=C/C=C/C=C1\Nc2ccccc2S1. The van der Waals surface area contributed by atoms with Gasteiger partial charge in [-0.15, -0.1) is 0 Å². The number of anilines is 1. The summed E-state index contributed by atoms with van der Waals surface area (Å²) in [5.74, 6) is 0. The molecule has 0 radical (unpaired) electrons. The van der Waals surface area contributed by atoms with E-state index < -0.39 is 0 Å². The number of nitrogens with zero attached hydrogens (tertiary/aromatic N) is 1. The summed E-state index contributed by atoms with van der Waals surface area (Å²) >= 11 is 3.77. The number of allylic oxidation sites excluding steroid dienone is 4. The Morgan fingerprint density at radius 2 is 1.67 bits per heavy atom. The Balaban J connectivity index is 1.44. The lowest BCUT2D eigenvalue weighted by Crippen LogP contribution is -2.52. The van der Waals surface area contributed by atoms with Gasteiger partial charge in [0.15, 0.2) is 5.37 Å². The summed E-state index contributed by atoms with van der Waals surface area (Å²) in [6.45, 7) is 6.83. The number of likely N-dealkylation sites (N-methyl/N-ethyl adjacent to an activating group) is 1. The molecule has 0 spiro atoms. The van der Waals surface area contributed by atoms with E-state index in [1.807, 2.05) is 11.8 Å². The first-order valence-electron chi connectivity index (χ1n) is 9.49. The average molecular weight is 394 g/mol. The second-order valence-electron chi connectivity index (χ2n) is 6.67. The van der Waals surface area contributed by atoms with E-state index >= 15 is 0 Å². The van der Waals surface area contributed by atoms with Gasteiger partial charge in [0.2, 0.25) is 0 Å². The van der Waals surface area contributed by atoms with Crippen LogP contribution in [0.1, 0.15) is 13.8 Å². The van der Waals surface area contributed by atoms with E-state index in [0.29, 0.717) is 5.37 Å². The van der Waals surface area contributed by atoms with Crippen LogP contribution in [0.3, 0.4) is 0 Å². The van der Waals surface area contributed by atoms with Crippen LogP contribution in [0.15, 0.2) is 93.7 Å². The maximum Gasteiger partial charge on any atom is 0.164 e. The highest BCUT2D eigenvalue weighted by Crippen LogP contribution is 2.48. The van der Waals surface area contributed by atoms with Crippen LogP contribution in [-0.4, -0.2) is 18.5 Å². The molecule has 2 aromatic carbocycles. The fourth-order valence-corrected chi connectivity index (χ4v) is 6.29. The minimum absolute atomic E-state index is 0.443. The lowest BCUT2D eigenvalue weighted by Gasteiger charge is -2.36. The molecule has 1 N–H and O–H groups in total. The molecule has 2 aliphatic rings. The fraction of sp³-hybridized carbons (Fsp3) is 0.217. The van der Waals surface area contributed by atoms with Gasteiger partial charge in [-0.1, -0.05) is 66.0 Å². The molecule has 2 aromatic rings. The molecule has 1 unspecified atom stereocenters. The number of fused-ring (bicyclic) bond motifs is 2. The van der Waals surface area contributed by atoms with Crippen LogP contribution in [-0.2, 0) is 0 Å². The number of nitrogens with one attached hydrogen (secondary N) is 1. The van der Waals surface area contributed by atoms with Gasteiger partial charge in [-0.25, -0.2) is 0 Å². The predicted molar refractivity (Wildman–Crippen MR) is 121 cm³/mol. The van der Waals surface area contributed by atoms with E-state index in [2.05, 4.69) is 98.1 Å². The molecule has 2 nitrogen and oxygen atoms in total. The third-order valence-electron chi connectivity index (χ3n) is 5.32. The summed E-state index contributed by atoms with van der Waals surface area (Å²) in [7, 11) is 0. The van der Waals surface area contributed by atoms with Crippen LogP contribution in [0.5, 0.6) is 0 Å². The topological polar surface area (TPSA) is 12.0 Å². The number of thioether (sulfide) groups is 2. The third kappa shape index (κ3) is 3.49. The Hall–Kier alpha value is -1.88. The maximum absolute atomic E-state index is 3.45. The number of hydrogen-bond acceptors (Lipinski definition) is 3. The van der Waals surface area contributed by atoms with Crippen LogP contribution < -0.4 is 9.80 Å². The molecule has 0 bridgehead atoms. The quantitative estimate of drug-likeness (QED) is 0.452. The number of para-hydroxylation sites is 2. The largest absolute Gasteiger partial charge is 0.349 e. The molecule has 138 valence electrons. The summed E-state index contributed by atoms with van der Waals surface area (Å²) in [5.41, 5.74) is 2.67. The lowest BCUT2D eigenvalue weighted by atomic mass is 10.2. The van der Waals surface area contributed by atoms with E-state index in [0.717, 1.165) is 17.6 Å². The van der Waals surface area contributed by atoms with E-state index in [9.17, 15) is 0 Å². The summed E-state index contributed by atoms with van der Waals surface area (Å²) in [4.78, 5) is 2.71. The van der Waals surface area contributed by atoms with Gasteiger partial charge in [0.1, 0.15) is 5.69 Å². The fourth-order valence-electron chi connectivity index (χ4n) is 3.80. The van der Waals surface area contributed by atoms with E-state index in [1.165, 1.54) is 26.2 Å². The molecule has 0 aliphatic carbocycles. The van der Waals surface area contributed by atoms with Crippen molar-refractivity contribution in [3.63, 3.8) is 0 Å². The second kappa shape index (κ2) is 8.01. The molecule has 0 amide bonds. The van der Waals surface area contributed by atoms with Gasteiger partial charge in [-0.2, -0.15) is 0 Å². The van der Waals surface area contributed by atoms with Crippen molar-refractivity contribution < 1.29 is 0 Å². The molecular weight excluding hydrogens is 368 g/mol. The number of rotatable bonds is 5. The summed E-state index contributed by atoms with van der Waals surface area (Å²) < 4.78 is 1.03. The van der Waals surface area contributed by atoms with Gasteiger partial charge >= 0.3 is 0 Å².